The molecule has 10 nitrogen and oxygen atoms in total. The van der Waals surface area contributed by atoms with E-state index in [4.69, 9.17) is 9.47 Å². The molecule has 2 saturated heterocycles. The van der Waals surface area contributed by atoms with E-state index in [2.05, 4.69) is 42.1 Å². The van der Waals surface area contributed by atoms with Gasteiger partial charge < -0.3 is 19.3 Å². The van der Waals surface area contributed by atoms with Gasteiger partial charge >= 0.3 is 12.2 Å². The van der Waals surface area contributed by atoms with E-state index in [0.717, 1.165) is 28.6 Å². The molecule has 2 aliphatic heterocycles. The number of halogens is 2. The average Bonchev–Trinajstić information content (AvgIpc) is 3.22. The smallest absolute Gasteiger partial charge is 0.410 e. The summed E-state index contributed by atoms with van der Waals surface area (Å²) >= 11 is 6.71. The topological polar surface area (TPSA) is 94.7 Å². The maximum atomic E-state index is 11.7. The van der Waals surface area contributed by atoms with Crippen LogP contribution >= 0.6 is 31.9 Å². The van der Waals surface area contributed by atoms with E-state index >= 15 is 0 Å². The van der Waals surface area contributed by atoms with Crippen molar-refractivity contribution in [2.45, 2.75) is 65.3 Å². The fourth-order valence-electron chi connectivity index (χ4n) is 3.48. The molecule has 0 aliphatic carbocycles. The summed E-state index contributed by atoms with van der Waals surface area (Å²) in [6.07, 6.45) is 6.90. The number of likely N-dealkylation sites (tertiary alicyclic amines) is 2. The number of rotatable bonds is 3. The van der Waals surface area contributed by atoms with Crippen LogP contribution < -0.4 is 0 Å². The Labute approximate surface area is 223 Å². The molecular weight excluding hydrogens is 584 g/mol. The van der Waals surface area contributed by atoms with Crippen molar-refractivity contribution in [3.05, 3.63) is 33.7 Å². The summed E-state index contributed by atoms with van der Waals surface area (Å²) in [4.78, 5) is 26.8. The molecule has 0 aromatic carbocycles. The van der Waals surface area contributed by atoms with E-state index < -0.39 is 11.2 Å². The molecule has 0 unspecified atom stereocenters. The Morgan fingerprint density at radius 2 is 1.34 bits per heavy atom. The Balaban J connectivity index is 0.000000196. The predicted molar refractivity (Wildman–Crippen MR) is 138 cm³/mol. The summed E-state index contributed by atoms with van der Waals surface area (Å²) in [5.74, 6) is 0.462. The van der Waals surface area contributed by atoms with Crippen LogP contribution in [0.1, 0.15) is 47.6 Å². The first-order chi connectivity index (χ1) is 16.2. The van der Waals surface area contributed by atoms with Gasteiger partial charge in [0.2, 0.25) is 0 Å². The molecule has 0 bridgehead atoms. The normalized spacial score (nSPS) is 16.7. The van der Waals surface area contributed by atoms with E-state index in [-0.39, 0.29) is 18.2 Å². The third-order valence-electron chi connectivity index (χ3n) is 5.11. The van der Waals surface area contributed by atoms with Crippen LogP contribution in [0.4, 0.5) is 9.59 Å². The van der Waals surface area contributed by atoms with Crippen LogP contribution in [0.15, 0.2) is 33.7 Å². The third-order valence-corrected chi connectivity index (χ3v) is 5.93. The molecule has 2 aromatic rings. The minimum atomic E-state index is -0.434. The van der Waals surface area contributed by atoms with Gasteiger partial charge in [-0.15, -0.1) is 0 Å². The lowest BCUT2D eigenvalue weighted by Crippen LogP contribution is -2.52. The third kappa shape index (κ3) is 8.52. The fourth-order valence-corrected chi connectivity index (χ4v) is 4.11. The molecule has 2 aliphatic rings. The SMILES string of the molecule is CC(C)(C)OC(=O)N1CC(Cn2cc(Br)cn2)C1.CC(C)(C)OC(=O)N1CC(n2cc(Br)cn2)C1. The van der Waals surface area contributed by atoms with Crippen LogP contribution in [-0.4, -0.2) is 78.9 Å². The van der Waals surface area contributed by atoms with Gasteiger partial charge in [0.1, 0.15) is 11.2 Å². The Bertz CT molecular complexity index is 1010. The second kappa shape index (κ2) is 10.9. The second-order valence-electron chi connectivity index (χ2n) is 10.8. The van der Waals surface area contributed by atoms with Crippen LogP contribution in [0.25, 0.3) is 0 Å². The van der Waals surface area contributed by atoms with Crippen LogP contribution in [0, 0.1) is 5.92 Å². The quantitative estimate of drug-likeness (QED) is 0.484. The summed E-state index contributed by atoms with van der Waals surface area (Å²) in [7, 11) is 0. The molecule has 2 fully saturated rings. The predicted octanol–water partition coefficient (Wildman–Crippen LogP) is 4.95. The van der Waals surface area contributed by atoms with Crippen molar-refractivity contribution in [1.29, 1.82) is 0 Å². The van der Waals surface area contributed by atoms with E-state index in [9.17, 15) is 9.59 Å². The maximum Gasteiger partial charge on any atom is 0.410 e. The molecule has 4 rings (SSSR count). The van der Waals surface area contributed by atoms with Crippen LogP contribution in [0.5, 0.6) is 0 Å². The van der Waals surface area contributed by atoms with Gasteiger partial charge in [-0.05, 0) is 73.4 Å². The zero-order valence-electron chi connectivity index (χ0n) is 21.1. The molecule has 0 saturated carbocycles. The Kier molecular flexibility index (Phi) is 8.56. The molecule has 0 spiro atoms. The summed E-state index contributed by atoms with van der Waals surface area (Å²) in [6.45, 7) is 14.9. The molecule has 0 radical (unpaired) electrons. The number of amides is 2. The number of carbonyl (C=O) groups excluding carboxylic acids is 2. The molecule has 0 atom stereocenters. The zero-order valence-corrected chi connectivity index (χ0v) is 24.2. The van der Waals surface area contributed by atoms with Crippen LogP contribution in [0.3, 0.4) is 0 Å². The van der Waals surface area contributed by atoms with Crippen molar-refractivity contribution in [1.82, 2.24) is 29.4 Å². The van der Waals surface area contributed by atoms with Gasteiger partial charge in [0.25, 0.3) is 0 Å². The largest absolute Gasteiger partial charge is 0.444 e. The first-order valence-corrected chi connectivity index (χ1v) is 13.1. The monoisotopic (exact) mass is 616 g/mol. The fraction of sp³-hybridized carbons (Fsp3) is 0.652. The van der Waals surface area contributed by atoms with Gasteiger partial charge in [0.05, 0.1) is 27.4 Å². The molecule has 12 heteroatoms. The van der Waals surface area contributed by atoms with Crippen LogP contribution in [0.2, 0.25) is 0 Å². The molecule has 194 valence electrons. The minimum absolute atomic E-state index is 0.222. The van der Waals surface area contributed by atoms with E-state index in [1.807, 2.05) is 63.3 Å². The maximum absolute atomic E-state index is 11.7. The van der Waals surface area contributed by atoms with E-state index in [1.54, 1.807) is 22.2 Å². The molecule has 2 aromatic heterocycles. The van der Waals surface area contributed by atoms with Gasteiger partial charge in [-0.1, -0.05) is 0 Å². The lowest BCUT2D eigenvalue weighted by Gasteiger charge is -2.39. The van der Waals surface area contributed by atoms with Crippen molar-refractivity contribution >= 4 is 44.0 Å². The van der Waals surface area contributed by atoms with Gasteiger partial charge in [-0.2, -0.15) is 10.2 Å². The number of aromatic nitrogens is 4. The van der Waals surface area contributed by atoms with Crippen molar-refractivity contribution in [2.75, 3.05) is 26.2 Å². The second-order valence-corrected chi connectivity index (χ2v) is 12.6. The van der Waals surface area contributed by atoms with E-state index in [0.29, 0.717) is 19.0 Å². The molecule has 0 N–H and O–H groups in total. The van der Waals surface area contributed by atoms with Crippen molar-refractivity contribution in [3.63, 3.8) is 0 Å². The highest BCUT2D eigenvalue weighted by atomic mass is 79.9. The molecule has 2 amide bonds. The number of ether oxygens (including phenoxy) is 2. The minimum Gasteiger partial charge on any atom is -0.444 e. The number of hydrogen-bond acceptors (Lipinski definition) is 6. The highest BCUT2D eigenvalue weighted by Crippen LogP contribution is 2.24. The summed E-state index contributed by atoms with van der Waals surface area (Å²) < 4.78 is 16.3. The van der Waals surface area contributed by atoms with Crippen molar-refractivity contribution in [3.8, 4) is 0 Å². The molecule has 35 heavy (non-hydrogen) atoms. The lowest BCUT2D eigenvalue weighted by atomic mass is 10.0. The van der Waals surface area contributed by atoms with E-state index in [1.165, 1.54) is 0 Å². The van der Waals surface area contributed by atoms with Gasteiger partial charge in [0.15, 0.2) is 0 Å². The van der Waals surface area contributed by atoms with Gasteiger partial charge in [-0.3, -0.25) is 9.36 Å². The molecular formula is C23H34Br2N6O4. The van der Waals surface area contributed by atoms with Crippen LogP contribution in [-0.2, 0) is 16.0 Å². The standard InChI is InChI=1S/C12H18BrN3O2.C11H16BrN3O2/c1-12(2,3)18-11(17)15-5-9(6-15)7-16-8-10(13)4-14-16;1-11(2,3)17-10(16)14-6-9(7-14)15-5-8(12)4-13-15/h4,8-9H,5-7H2,1-3H3;4-5,9H,6-7H2,1-3H3. The first kappa shape index (κ1) is 27.5. The Hall–Kier alpha value is -2.08. The Morgan fingerprint density at radius 3 is 1.77 bits per heavy atom. The summed E-state index contributed by atoms with van der Waals surface area (Å²) in [5, 5.41) is 8.40. The van der Waals surface area contributed by atoms with Gasteiger partial charge in [0, 0.05) is 51.0 Å². The van der Waals surface area contributed by atoms with Gasteiger partial charge in [-0.25, -0.2) is 9.59 Å². The zero-order chi connectivity index (χ0) is 26.0. The summed E-state index contributed by atoms with van der Waals surface area (Å²) in [5.41, 5.74) is -0.855. The highest BCUT2D eigenvalue weighted by Gasteiger charge is 2.35. The lowest BCUT2D eigenvalue weighted by molar-refractivity contribution is -0.00401. The Morgan fingerprint density at radius 1 is 0.857 bits per heavy atom. The average molecular weight is 618 g/mol. The highest BCUT2D eigenvalue weighted by molar-refractivity contribution is 9.10. The number of carbonyl (C=O) groups is 2. The molecule has 4 heterocycles. The number of nitrogens with zero attached hydrogens (tertiary/aromatic N) is 6. The first-order valence-electron chi connectivity index (χ1n) is 11.5. The number of hydrogen-bond donors (Lipinski definition) is 0. The van der Waals surface area contributed by atoms with Crippen molar-refractivity contribution < 1.29 is 19.1 Å². The summed E-state index contributed by atoms with van der Waals surface area (Å²) in [6, 6.07) is 0.258. The van der Waals surface area contributed by atoms with Crippen molar-refractivity contribution in [2.24, 2.45) is 5.92 Å².